The highest BCUT2D eigenvalue weighted by Crippen LogP contribution is 2.33. The van der Waals surface area contributed by atoms with Crippen LogP contribution in [0.5, 0.6) is 5.75 Å². The number of aliphatic hydroxyl groups excluding tert-OH is 1. The minimum absolute atomic E-state index is 0.107. The minimum atomic E-state index is -0.610. The summed E-state index contributed by atoms with van der Waals surface area (Å²) < 4.78 is 31.7. The van der Waals surface area contributed by atoms with E-state index in [4.69, 9.17) is 4.74 Å². The summed E-state index contributed by atoms with van der Waals surface area (Å²) >= 11 is 0. The monoisotopic (exact) mass is 276 g/mol. The first-order chi connectivity index (χ1) is 9.61. The van der Waals surface area contributed by atoms with Crippen LogP contribution in [0.1, 0.15) is 29.2 Å². The van der Waals surface area contributed by atoms with E-state index in [2.05, 4.69) is 0 Å². The molecule has 0 spiro atoms. The van der Waals surface area contributed by atoms with Gasteiger partial charge in [-0.25, -0.2) is 8.78 Å². The van der Waals surface area contributed by atoms with Gasteiger partial charge >= 0.3 is 0 Å². The Kier molecular flexibility index (Phi) is 3.40. The van der Waals surface area contributed by atoms with Gasteiger partial charge in [0.2, 0.25) is 0 Å². The first-order valence-corrected chi connectivity index (χ1v) is 6.50. The Hall–Kier alpha value is -1.94. The predicted molar refractivity (Wildman–Crippen MR) is 70.4 cm³/mol. The Bertz CT molecular complexity index is 620. The number of aryl methyl sites for hydroxylation is 1. The highest BCUT2D eigenvalue weighted by molar-refractivity contribution is 5.40. The lowest BCUT2D eigenvalue weighted by atomic mass is 10.1. The van der Waals surface area contributed by atoms with Gasteiger partial charge in [-0.15, -0.1) is 0 Å². The number of ether oxygens (including phenoxy) is 1. The summed E-state index contributed by atoms with van der Waals surface area (Å²) in [6.45, 7) is 0.107. The summed E-state index contributed by atoms with van der Waals surface area (Å²) in [5.74, 6) is -0.580. The number of fused-ring (bicyclic) bond motifs is 1. The summed E-state index contributed by atoms with van der Waals surface area (Å²) in [7, 11) is 0. The first-order valence-electron chi connectivity index (χ1n) is 6.50. The predicted octanol–water partition coefficient (Wildman–Crippen LogP) is 3.52. The molecule has 2 nitrogen and oxygen atoms in total. The van der Waals surface area contributed by atoms with Gasteiger partial charge in [-0.2, -0.15) is 0 Å². The molecule has 0 saturated heterocycles. The van der Waals surface area contributed by atoms with E-state index in [9.17, 15) is 13.9 Å². The Morgan fingerprint density at radius 2 is 1.85 bits per heavy atom. The fourth-order valence-electron chi connectivity index (χ4n) is 2.52. The second kappa shape index (κ2) is 5.21. The van der Waals surface area contributed by atoms with Gasteiger partial charge in [0.15, 0.2) is 0 Å². The van der Waals surface area contributed by atoms with Gasteiger partial charge in [0.25, 0.3) is 0 Å². The van der Waals surface area contributed by atoms with Crippen LogP contribution in [0.15, 0.2) is 36.4 Å². The number of rotatable bonds is 3. The van der Waals surface area contributed by atoms with Gasteiger partial charge < -0.3 is 9.84 Å². The second-order valence-corrected chi connectivity index (χ2v) is 4.98. The fourth-order valence-corrected chi connectivity index (χ4v) is 2.52. The summed E-state index contributed by atoms with van der Waals surface area (Å²) in [5, 5.41) is 9.72. The van der Waals surface area contributed by atoms with Crippen molar-refractivity contribution in [2.75, 3.05) is 0 Å². The zero-order valence-corrected chi connectivity index (χ0v) is 10.8. The largest absolute Gasteiger partial charge is 0.489 e. The molecule has 0 aromatic heterocycles. The molecule has 2 aromatic rings. The third-order valence-electron chi connectivity index (χ3n) is 3.49. The molecule has 104 valence electrons. The number of hydrogen-bond acceptors (Lipinski definition) is 2. The van der Waals surface area contributed by atoms with Crippen LogP contribution in [0, 0.1) is 11.6 Å². The quantitative estimate of drug-likeness (QED) is 0.929. The molecule has 0 bridgehead atoms. The smallest absolute Gasteiger partial charge is 0.126 e. The zero-order chi connectivity index (χ0) is 14.1. The van der Waals surface area contributed by atoms with E-state index in [0.717, 1.165) is 30.0 Å². The first kappa shape index (κ1) is 13.1. The van der Waals surface area contributed by atoms with Gasteiger partial charge in [0, 0.05) is 6.07 Å². The van der Waals surface area contributed by atoms with E-state index in [1.54, 1.807) is 6.07 Å². The molecule has 0 fully saturated rings. The molecule has 0 heterocycles. The fraction of sp³-hybridized carbons (Fsp3) is 0.250. The molecule has 1 atom stereocenters. The molecule has 20 heavy (non-hydrogen) atoms. The molecule has 1 aliphatic rings. The van der Waals surface area contributed by atoms with Gasteiger partial charge in [0.05, 0.1) is 6.10 Å². The standard InChI is InChI=1S/C16H14F2O2/c17-12-5-10(6-13(18)8-12)9-20-14-2-3-15-11(7-14)1-4-16(15)19/h2-3,5-8,16,19H,1,4,9H2/t16-/m1/s1. The van der Waals surface area contributed by atoms with Crippen molar-refractivity contribution in [2.45, 2.75) is 25.6 Å². The van der Waals surface area contributed by atoms with Crippen molar-refractivity contribution in [1.82, 2.24) is 0 Å². The molecular weight excluding hydrogens is 262 g/mol. The lowest BCUT2D eigenvalue weighted by Crippen LogP contribution is -1.98. The van der Waals surface area contributed by atoms with Crippen molar-refractivity contribution in [3.8, 4) is 5.75 Å². The van der Waals surface area contributed by atoms with E-state index in [1.807, 2.05) is 12.1 Å². The zero-order valence-electron chi connectivity index (χ0n) is 10.8. The number of aliphatic hydroxyl groups is 1. The van der Waals surface area contributed by atoms with E-state index < -0.39 is 17.7 Å². The van der Waals surface area contributed by atoms with Crippen molar-refractivity contribution >= 4 is 0 Å². The maximum atomic E-state index is 13.1. The third-order valence-corrected chi connectivity index (χ3v) is 3.49. The second-order valence-electron chi connectivity index (χ2n) is 4.98. The molecule has 0 aliphatic heterocycles. The Morgan fingerprint density at radius 1 is 1.10 bits per heavy atom. The summed E-state index contributed by atoms with van der Waals surface area (Å²) in [6, 6.07) is 8.82. The average Bonchev–Trinajstić information content (AvgIpc) is 2.77. The van der Waals surface area contributed by atoms with Crippen molar-refractivity contribution in [3.63, 3.8) is 0 Å². The van der Waals surface area contributed by atoms with Crippen LogP contribution in [0.25, 0.3) is 0 Å². The van der Waals surface area contributed by atoms with Crippen LogP contribution in [-0.4, -0.2) is 5.11 Å². The van der Waals surface area contributed by atoms with Gasteiger partial charge in [-0.3, -0.25) is 0 Å². The molecule has 3 rings (SSSR count). The van der Waals surface area contributed by atoms with E-state index >= 15 is 0 Å². The van der Waals surface area contributed by atoms with Crippen molar-refractivity contribution in [3.05, 3.63) is 64.7 Å². The van der Waals surface area contributed by atoms with Gasteiger partial charge in [0.1, 0.15) is 24.0 Å². The van der Waals surface area contributed by atoms with Crippen LogP contribution in [0.4, 0.5) is 8.78 Å². The number of benzene rings is 2. The normalized spacial score (nSPS) is 17.1. The van der Waals surface area contributed by atoms with Crippen molar-refractivity contribution < 1.29 is 18.6 Å². The van der Waals surface area contributed by atoms with E-state index in [0.29, 0.717) is 11.3 Å². The van der Waals surface area contributed by atoms with Crippen LogP contribution in [0.3, 0.4) is 0 Å². The maximum Gasteiger partial charge on any atom is 0.126 e. The van der Waals surface area contributed by atoms with Crippen LogP contribution < -0.4 is 4.74 Å². The average molecular weight is 276 g/mol. The minimum Gasteiger partial charge on any atom is -0.489 e. The Morgan fingerprint density at radius 3 is 2.60 bits per heavy atom. The lowest BCUT2D eigenvalue weighted by Gasteiger charge is -2.09. The molecule has 4 heteroatoms. The lowest BCUT2D eigenvalue weighted by molar-refractivity contribution is 0.180. The molecule has 2 aromatic carbocycles. The van der Waals surface area contributed by atoms with E-state index in [-0.39, 0.29) is 6.61 Å². The number of halogens is 2. The molecule has 1 N–H and O–H groups in total. The molecule has 0 saturated carbocycles. The van der Waals surface area contributed by atoms with E-state index in [1.165, 1.54) is 12.1 Å². The number of hydrogen-bond donors (Lipinski definition) is 1. The summed E-state index contributed by atoms with van der Waals surface area (Å²) in [4.78, 5) is 0. The molecular formula is C16H14F2O2. The van der Waals surface area contributed by atoms with Crippen molar-refractivity contribution in [2.24, 2.45) is 0 Å². The third kappa shape index (κ3) is 2.65. The topological polar surface area (TPSA) is 29.5 Å². The molecule has 0 radical (unpaired) electrons. The van der Waals surface area contributed by atoms with Crippen LogP contribution in [0.2, 0.25) is 0 Å². The highest BCUT2D eigenvalue weighted by Gasteiger charge is 2.20. The summed E-state index contributed by atoms with van der Waals surface area (Å²) in [6.07, 6.45) is 1.16. The highest BCUT2D eigenvalue weighted by atomic mass is 19.1. The van der Waals surface area contributed by atoms with Crippen molar-refractivity contribution in [1.29, 1.82) is 0 Å². The Labute approximate surface area is 115 Å². The molecule has 0 amide bonds. The maximum absolute atomic E-state index is 13.1. The van der Waals surface area contributed by atoms with Crippen LogP contribution >= 0.6 is 0 Å². The SMILES string of the molecule is O[C@@H]1CCc2cc(OCc3cc(F)cc(F)c3)ccc21. The van der Waals surface area contributed by atoms with Gasteiger partial charge in [-0.05, 0) is 53.8 Å². The van der Waals surface area contributed by atoms with Gasteiger partial charge in [-0.1, -0.05) is 6.07 Å². The summed E-state index contributed by atoms with van der Waals surface area (Å²) in [5.41, 5.74) is 2.46. The Balaban J connectivity index is 1.72. The molecule has 0 unspecified atom stereocenters. The molecule has 1 aliphatic carbocycles. The van der Waals surface area contributed by atoms with Crippen LogP contribution in [-0.2, 0) is 13.0 Å².